The Balaban J connectivity index is 0.00000484. The summed E-state index contributed by atoms with van der Waals surface area (Å²) < 4.78 is 0. The number of phenolic OH excluding ortho intramolecular Hbond substituents is 1. The number of aliphatic imine (C=N–C) groups is 1. The Hall–Kier alpha value is -1.51. The summed E-state index contributed by atoms with van der Waals surface area (Å²) in [5.41, 5.74) is 6.24. The van der Waals surface area contributed by atoms with Crippen molar-refractivity contribution in [1.82, 2.24) is 10.6 Å². The van der Waals surface area contributed by atoms with Crippen LogP contribution in [-0.2, 0) is 0 Å². The van der Waals surface area contributed by atoms with Crippen molar-refractivity contribution < 1.29 is 9.90 Å². The fourth-order valence-electron chi connectivity index (χ4n) is 1.88. The summed E-state index contributed by atoms with van der Waals surface area (Å²) in [6.45, 7) is 3.88. The Labute approximate surface area is 155 Å². The van der Waals surface area contributed by atoms with Gasteiger partial charge in [-0.05, 0) is 30.7 Å². The number of aromatic hydroxyl groups is 1. The number of halogens is 1. The third-order valence-electron chi connectivity index (χ3n) is 3.14. The first-order chi connectivity index (χ1) is 10.6. The van der Waals surface area contributed by atoms with Crippen LogP contribution in [0.25, 0.3) is 0 Å². The molecule has 0 saturated carbocycles. The summed E-state index contributed by atoms with van der Waals surface area (Å²) in [6.07, 6.45) is 4.66. The SMILES string of the molecule is CCCCCCN=C(N)NCCNC(=O)c1ccc(O)cc1.I. The van der Waals surface area contributed by atoms with Crippen molar-refractivity contribution in [1.29, 1.82) is 0 Å². The minimum absolute atomic E-state index is 0. The monoisotopic (exact) mass is 434 g/mol. The van der Waals surface area contributed by atoms with Gasteiger partial charge in [-0.15, -0.1) is 24.0 Å². The smallest absolute Gasteiger partial charge is 0.251 e. The molecular formula is C16H27IN4O2. The van der Waals surface area contributed by atoms with Crippen molar-refractivity contribution in [2.45, 2.75) is 32.6 Å². The lowest BCUT2D eigenvalue weighted by Crippen LogP contribution is -2.38. The van der Waals surface area contributed by atoms with E-state index in [4.69, 9.17) is 10.8 Å². The average Bonchev–Trinajstić information content (AvgIpc) is 2.52. The fourth-order valence-corrected chi connectivity index (χ4v) is 1.88. The number of hydrogen-bond acceptors (Lipinski definition) is 3. The second-order valence-electron chi connectivity index (χ2n) is 5.06. The van der Waals surface area contributed by atoms with Crippen LogP contribution in [0.3, 0.4) is 0 Å². The molecule has 1 amide bonds. The van der Waals surface area contributed by atoms with Crippen molar-refractivity contribution >= 4 is 35.8 Å². The molecule has 0 heterocycles. The molecule has 1 rings (SSSR count). The number of hydrogen-bond donors (Lipinski definition) is 4. The van der Waals surface area contributed by atoms with Gasteiger partial charge >= 0.3 is 0 Å². The van der Waals surface area contributed by atoms with Crippen LogP contribution < -0.4 is 16.4 Å². The number of nitrogens with two attached hydrogens (primary N) is 1. The van der Waals surface area contributed by atoms with Crippen LogP contribution in [0.4, 0.5) is 0 Å². The number of nitrogens with one attached hydrogen (secondary N) is 2. The van der Waals surface area contributed by atoms with Crippen molar-refractivity contribution in [3.05, 3.63) is 29.8 Å². The quantitative estimate of drug-likeness (QED) is 0.207. The third-order valence-corrected chi connectivity index (χ3v) is 3.14. The van der Waals surface area contributed by atoms with Crippen molar-refractivity contribution in [2.24, 2.45) is 10.7 Å². The molecule has 130 valence electrons. The Kier molecular flexibility index (Phi) is 12.1. The van der Waals surface area contributed by atoms with Gasteiger partial charge in [0, 0.05) is 25.2 Å². The predicted molar refractivity (Wildman–Crippen MR) is 104 cm³/mol. The number of unbranched alkanes of at least 4 members (excludes halogenated alkanes) is 3. The van der Waals surface area contributed by atoms with Gasteiger partial charge in [-0.25, -0.2) is 0 Å². The molecule has 6 nitrogen and oxygen atoms in total. The summed E-state index contributed by atoms with van der Waals surface area (Å²) in [6, 6.07) is 6.11. The highest BCUT2D eigenvalue weighted by atomic mass is 127. The van der Waals surface area contributed by atoms with Crippen LogP contribution in [0.5, 0.6) is 5.75 Å². The Morgan fingerprint density at radius 1 is 1.13 bits per heavy atom. The molecule has 0 fully saturated rings. The van der Waals surface area contributed by atoms with Gasteiger partial charge in [0.1, 0.15) is 5.75 Å². The molecule has 0 aliphatic carbocycles. The van der Waals surface area contributed by atoms with Gasteiger partial charge in [-0.3, -0.25) is 9.79 Å². The molecule has 0 aliphatic rings. The van der Waals surface area contributed by atoms with Gasteiger partial charge < -0.3 is 21.5 Å². The number of carbonyl (C=O) groups excluding carboxylic acids is 1. The van der Waals surface area contributed by atoms with Crippen LogP contribution in [0.1, 0.15) is 43.0 Å². The number of nitrogens with zero attached hydrogens (tertiary/aromatic N) is 1. The molecule has 7 heteroatoms. The maximum atomic E-state index is 11.8. The van der Waals surface area contributed by atoms with Crippen LogP contribution in [-0.4, -0.2) is 36.6 Å². The van der Waals surface area contributed by atoms with E-state index in [1.807, 2.05) is 0 Å². The summed E-state index contributed by atoms with van der Waals surface area (Å²) in [5.74, 6) is 0.369. The molecule has 23 heavy (non-hydrogen) atoms. The highest BCUT2D eigenvalue weighted by Gasteiger charge is 2.03. The normalized spacial score (nSPS) is 10.7. The summed E-state index contributed by atoms with van der Waals surface area (Å²) in [4.78, 5) is 16.0. The molecular weight excluding hydrogens is 407 g/mol. The van der Waals surface area contributed by atoms with Gasteiger partial charge in [0.15, 0.2) is 5.96 Å². The van der Waals surface area contributed by atoms with E-state index in [0.29, 0.717) is 24.6 Å². The van der Waals surface area contributed by atoms with Gasteiger partial charge in [-0.1, -0.05) is 26.2 Å². The zero-order valence-corrected chi connectivity index (χ0v) is 15.9. The maximum absolute atomic E-state index is 11.8. The van der Waals surface area contributed by atoms with Crippen molar-refractivity contribution in [3.8, 4) is 5.75 Å². The van der Waals surface area contributed by atoms with Gasteiger partial charge in [-0.2, -0.15) is 0 Å². The summed E-state index contributed by atoms with van der Waals surface area (Å²) >= 11 is 0. The second kappa shape index (κ2) is 13.0. The van der Waals surface area contributed by atoms with Crippen LogP contribution in [0, 0.1) is 0 Å². The van der Waals surface area contributed by atoms with E-state index >= 15 is 0 Å². The Bertz CT molecular complexity index is 477. The Morgan fingerprint density at radius 2 is 1.78 bits per heavy atom. The van der Waals surface area contributed by atoms with Crippen molar-refractivity contribution in [3.63, 3.8) is 0 Å². The lowest BCUT2D eigenvalue weighted by Gasteiger charge is -2.07. The topological polar surface area (TPSA) is 99.7 Å². The number of rotatable bonds is 9. The minimum Gasteiger partial charge on any atom is -0.508 e. The molecule has 0 saturated heterocycles. The second-order valence-corrected chi connectivity index (χ2v) is 5.06. The number of amides is 1. The third kappa shape index (κ3) is 9.98. The molecule has 0 spiro atoms. The standard InChI is InChI=1S/C16H26N4O2.HI/c1-2-3-4-5-10-19-16(17)20-12-11-18-15(22)13-6-8-14(21)9-7-13;/h6-9,21H,2-5,10-12H2,1H3,(H,18,22)(H3,17,19,20);1H. The molecule has 1 aromatic rings. The van der Waals surface area contributed by atoms with Gasteiger partial charge in [0.05, 0.1) is 0 Å². The summed E-state index contributed by atoms with van der Waals surface area (Å²) in [7, 11) is 0. The lowest BCUT2D eigenvalue weighted by atomic mass is 10.2. The number of carbonyl (C=O) groups is 1. The Morgan fingerprint density at radius 3 is 2.43 bits per heavy atom. The molecule has 0 radical (unpaired) electrons. The summed E-state index contributed by atoms with van der Waals surface area (Å²) in [5, 5.41) is 14.9. The van der Waals surface area contributed by atoms with Gasteiger partial charge in [0.2, 0.25) is 0 Å². The molecule has 0 aliphatic heterocycles. The fraction of sp³-hybridized carbons (Fsp3) is 0.500. The highest BCUT2D eigenvalue weighted by Crippen LogP contribution is 2.09. The van der Waals surface area contributed by atoms with E-state index in [0.717, 1.165) is 13.0 Å². The molecule has 0 bridgehead atoms. The zero-order chi connectivity index (χ0) is 16.2. The van der Waals surface area contributed by atoms with Crippen LogP contribution in [0.15, 0.2) is 29.3 Å². The first-order valence-electron chi connectivity index (χ1n) is 7.74. The first kappa shape index (κ1) is 21.5. The predicted octanol–water partition coefficient (Wildman–Crippen LogP) is 2.22. The number of benzene rings is 1. The molecule has 0 atom stereocenters. The van der Waals surface area contributed by atoms with E-state index in [-0.39, 0.29) is 35.6 Å². The van der Waals surface area contributed by atoms with E-state index in [1.54, 1.807) is 12.1 Å². The van der Waals surface area contributed by atoms with Crippen LogP contribution in [0.2, 0.25) is 0 Å². The minimum atomic E-state index is -0.183. The largest absolute Gasteiger partial charge is 0.508 e. The number of guanidine groups is 1. The van der Waals surface area contributed by atoms with E-state index in [9.17, 15) is 4.79 Å². The molecule has 5 N–H and O–H groups in total. The van der Waals surface area contributed by atoms with E-state index in [2.05, 4.69) is 22.5 Å². The maximum Gasteiger partial charge on any atom is 0.251 e. The van der Waals surface area contributed by atoms with E-state index in [1.165, 1.54) is 31.4 Å². The zero-order valence-electron chi connectivity index (χ0n) is 13.5. The molecule has 0 aromatic heterocycles. The van der Waals surface area contributed by atoms with Crippen LogP contribution >= 0.6 is 24.0 Å². The van der Waals surface area contributed by atoms with Gasteiger partial charge in [0.25, 0.3) is 5.91 Å². The first-order valence-corrected chi connectivity index (χ1v) is 7.74. The van der Waals surface area contributed by atoms with E-state index < -0.39 is 0 Å². The number of phenols is 1. The highest BCUT2D eigenvalue weighted by molar-refractivity contribution is 14.0. The average molecular weight is 434 g/mol. The molecule has 0 unspecified atom stereocenters. The van der Waals surface area contributed by atoms with Crippen molar-refractivity contribution in [2.75, 3.05) is 19.6 Å². The lowest BCUT2D eigenvalue weighted by molar-refractivity contribution is 0.0954. The molecule has 1 aromatic carbocycles.